The second-order valence-electron chi connectivity index (χ2n) is 6.68. The average Bonchev–Trinajstić information content (AvgIpc) is 2.45. The van der Waals surface area contributed by atoms with Crippen molar-refractivity contribution < 1.29 is 4.79 Å². The van der Waals surface area contributed by atoms with Gasteiger partial charge in [0.1, 0.15) is 0 Å². The number of hydrogen-bond donors (Lipinski definition) is 1. The summed E-state index contributed by atoms with van der Waals surface area (Å²) < 4.78 is 1.10. The Hall–Kier alpha value is -0.620. The zero-order chi connectivity index (χ0) is 15.9. The van der Waals surface area contributed by atoms with Crippen LogP contribution in [-0.2, 0) is 0 Å². The van der Waals surface area contributed by atoms with Crippen LogP contribution in [-0.4, -0.2) is 37.0 Å². The quantitative estimate of drug-likeness (QED) is 0.568. The lowest BCUT2D eigenvalue weighted by Gasteiger charge is -2.34. The van der Waals surface area contributed by atoms with Gasteiger partial charge in [-0.05, 0) is 78.4 Å². The van der Waals surface area contributed by atoms with Crippen LogP contribution in [0.2, 0.25) is 0 Å². The summed E-state index contributed by atoms with van der Waals surface area (Å²) in [5, 5.41) is 3.02. The summed E-state index contributed by atoms with van der Waals surface area (Å²) >= 11 is 2.23. The first-order valence-corrected chi connectivity index (χ1v) is 9.38. The molecule has 22 heavy (non-hydrogen) atoms. The summed E-state index contributed by atoms with van der Waals surface area (Å²) in [7, 11) is 0. The Morgan fingerprint density at radius 1 is 1.27 bits per heavy atom. The predicted octanol–water partition coefficient (Wildman–Crippen LogP) is 3.78. The van der Waals surface area contributed by atoms with Crippen molar-refractivity contribution in [2.45, 2.75) is 33.1 Å². The molecule has 2 atom stereocenters. The highest BCUT2D eigenvalue weighted by Crippen LogP contribution is 2.20. The van der Waals surface area contributed by atoms with Gasteiger partial charge in [-0.15, -0.1) is 0 Å². The lowest BCUT2D eigenvalue weighted by atomic mass is 9.92. The lowest BCUT2D eigenvalue weighted by molar-refractivity contribution is 0.0951. The van der Waals surface area contributed by atoms with Crippen LogP contribution in [0.5, 0.6) is 0 Å². The van der Waals surface area contributed by atoms with Crippen LogP contribution in [0.1, 0.15) is 43.5 Å². The number of carbonyl (C=O) groups is 1. The van der Waals surface area contributed by atoms with Gasteiger partial charge in [-0.3, -0.25) is 4.79 Å². The highest BCUT2D eigenvalue weighted by atomic mass is 127. The Labute approximate surface area is 148 Å². The smallest absolute Gasteiger partial charge is 0.251 e. The zero-order valence-electron chi connectivity index (χ0n) is 13.6. The largest absolute Gasteiger partial charge is 0.352 e. The normalized spacial score (nSPS) is 22.5. The maximum Gasteiger partial charge on any atom is 0.251 e. The number of benzene rings is 1. The molecule has 1 aliphatic heterocycles. The average molecular weight is 414 g/mol. The molecule has 2 rings (SSSR count). The van der Waals surface area contributed by atoms with Gasteiger partial charge < -0.3 is 10.2 Å². The number of piperidine rings is 1. The number of unbranched alkanes of at least 4 members (excludes halogenated alkanes) is 1. The SMILES string of the molecule is CC1CC(C)CN(CCCCNC(=O)c2cccc(I)c2)C1. The van der Waals surface area contributed by atoms with Gasteiger partial charge in [0.15, 0.2) is 0 Å². The minimum absolute atomic E-state index is 0.0405. The van der Waals surface area contributed by atoms with E-state index in [-0.39, 0.29) is 5.91 Å². The van der Waals surface area contributed by atoms with Crippen LogP contribution in [0.15, 0.2) is 24.3 Å². The minimum atomic E-state index is 0.0405. The maximum absolute atomic E-state index is 12.0. The molecule has 4 heteroatoms. The molecule has 1 amide bonds. The molecule has 1 heterocycles. The summed E-state index contributed by atoms with van der Waals surface area (Å²) in [6.07, 6.45) is 3.57. The van der Waals surface area contributed by atoms with Crippen molar-refractivity contribution in [3.8, 4) is 0 Å². The number of nitrogens with one attached hydrogen (secondary N) is 1. The van der Waals surface area contributed by atoms with Crippen LogP contribution in [0, 0.1) is 15.4 Å². The molecule has 1 aromatic rings. The standard InChI is InChI=1S/C18H27IN2O/c1-14-10-15(2)13-21(12-14)9-4-3-8-20-18(22)16-6-5-7-17(19)11-16/h5-7,11,14-15H,3-4,8-10,12-13H2,1-2H3,(H,20,22). The number of likely N-dealkylation sites (tertiary alicyclic amines) is 1. The van der Waals surface area contributed by atoms with Gasteiger partial charge in [0, 0.05) is 28.8 Å². The first kappa shape index (κ1) is 17.7. The molecule has 0 aliphatic carbocycles. The topological polar surface area (TPSA) is 32.3 Å². The Kier molecular flexibility index (Phi) is 7.15. The highest BCUT2D eigenvalue weighted by molar-refractivity contribution is 14.1. The van der Waals surface area contributed by atoms with Crippen LogP contribution in [0.4, 0.5) is 0 Å². The number of amides is 1. The fourth-order valence-corrected chi connectivity index (χ4v) is 3.91. The Morgan fingerprint density at radius 3 is 2.68 bits per heavy atom. The van der Waals surface area contributed by atoms with E-state index in [0.717, 1.165) is 46.9 Å². The van der Waals surface area contributed by atoms with Gasteiger partial charge in [0.25, 0.3) is 5.91 Å². The second kappa shape index (κ2) is 8.87. The Morgan fingerprint density at radius 2 is 2.00 bits per heavy atom. The van der Waals surface area contributed by atoms with Gasteiger partial charge in [0.2, 0.25) is 0 Å². The van der Waals surface area contributed by atoms with Crippen molar-refractivity contribution in [1.29, 1.82) is 0 Å². The fourth-order valence-electron chi connectivity index (χ4n) is 3.37. The first-order valence-electron chi connectivity index (χ1n) is 8.30. The number of hydrogen-bond acceptors (Lipinski definition) is 2. The van der Waals surface area contributed by atoms with E-state index in [1.165, 1.54) is 19.5 Å². The van der Waals surface area contributed by atoms with Crippen molar-refractivity contribution in [2.75, 3.05) is 26.2 Å². The molecule has 1 fully saturated rings. The van der Waals surface area contributed by atoms with Gasteiger partial charge in [-0.25, -0.2) is 0 Å². The molecule has 1 aliphatic rings. The van der Waals surface area contributed by atoms with Gasteiger partial charge in [-0.1, -0.05) is 19.9 Å². The molecular weight excluding hydrogens is 387 g/mol. The lowest BCUT2D eigenvalue weighted by Crippen LogP contribution is -2.39. The van der Waals surface area contributed by atoms with Crippen molar-refractivity contribution in [3.05, 3.63) is 33.4 Å². The third kappa shape index (κ3) is 5.88. The van der Waals surface area contributed by atoms with E-state index in [1.54, 1.807) is 0 Å². The van der Waals surface area contributed by atoms with E-state index in [2.05, 4.69) is 46.7 Å². The predicted molar refractivity (Wildman–Crippen MR) is 100 cm³/mol. The van der Waals surface area contributed by atoms with Crippen molar-refractivity contribution in [1.82, 2.24) is 10.2 Å². The molecule has 122 valence electrons. The van der Waals surface area contributed by atoms with E-state index in [4.69, 9.17) is 0 Å². The third-order valence-electron chi connectivity index (χ3n) is 4.22. The van der Waals surface area contributed by atoms with Crippen LogP contribution in [0.3, 0.4) is 0 Å². The van der Waals surface area contributed by atoms with E-state index in [1.807, 2.05) is 24.3 Å². The second-order valence-corrected chi connectivity index (χ2v) is 7.92. The molecule has 1 N–H and O–H groups in total. The molecule has 0 aromatic heterocycles. The molecule has 0 bridgehead atoms. The Balaban J connectivity index is 1.62. The number of rotatable bonds is 6. The molecule has 1 aromatic carbocycles. The number of nitrogens with zero attached hydrogens (tertiary/aromatic N) is 1. The molecule has 3 nitrogen and oxygen atoms in total. The van der Waals surface area contributed by atoms with E-state index in [9.17, 15) is 4.79 Å². The van der Waals surface area contributed by atoms with Crippen LogP contribution >= 0.6 is 22.6 Å². The zero-order valence-corrected chi connectivity index (χ0v) is 15.8. The third-order valence-corrected chi connectivity index (χ3v) is 4.89. The summed E-state index contributed by atoms with van der Waals surface area (Å²) in [6.45, 7) is 9.10. The van der Waals surface area contributed by atoms with Crippen LogP contribution < -0.4 is 5.32 Å². The highest BCUT2D eigenvalue weighted by Gasteiger charge is 2.20. The molecular formula is C18H27IN2O. The van der Waals surface area contributed by atoms with Crippen molar-refractivity contribution in [3.63, 3.8) is 0 Å². The summed E-state index contributed by atoms with van der Waals surface area (Å²) in [5.74, 6) is 1.69. The molecule has 2 unspecified atom stereocenters. The number of halogens is 1. The number of carbonyl (C=O) groups excluding carboxylic acids is 1. The first-order chi connectivity index (χ1) is 10.5. The fraction of sp³-hybridized carbons (Fsp3) is 0.611. The monoisotopic (exact) mass is 414 g/mol. The van der Waals surface area contributed by atoms with Gasteiger partial charge in [-0.2, -0.15) is 0 Å². The van der Waals surface area contributed by atoms with Gasteiger partial charge in [0.05, 0.1) is 0 Å². The van der Waals surface area contributed by atoms with E-state index >= 15 is 0 Å². The van der Waals surface area contributed by atoms with E-state index in [0.29, 0.717) is 0 Å². The van der Waals surface area contributed by atoms with Crippen molar-refractivity contribution >= 4 is 28.5 Å². The molecule has 1 saturated heterocycles. The molecule has 0 radical (unpaired) electrons. The minimum Gasteiger partial charge on any atom is -0.352 e. The van der Waals surface area contributed by atoms with Gasteiger partial charge >= 0.3 is 0 Å². The maximum atomic E-state index is 12.0. The molecule has 0 spiro atoms. The van der Waals surface area contributed by atoms with Crippen molar-refractivity contribution in [2.24, 2.45) is 11.8 Å². The molecule has 0 saturated carbocycles. The van der Waals surface area contributed by atoms with E-state index < -0.39 is 0 Å². The van der Waals surface area contributed by atoms with Crippen LogP contribution in [0.25, 0.3) is 0 Å². The summed E-state index contributed by atoms with van der Waals surface area (Å²) in [6, 6.07) is 7.72. The summed E-state index contributed by atoms with van der Waals surface area (Å²) in [4.78, 5) is 14.6. The summed E-state index contributed by atoms with van der Waals surface area (Å²) in [5.41, 5.74) is 0.755. The Bertz CT molecular complexity index is 482.